The molecule has 0 unspecified atom stereocenters. The highest BCUT2D eigenvalue weighted by Gasteiger charge is 2.29. The van der Waals surface area contributed by atoms with Crippen molar-refractivity contribution in [2.24, 2.45) is 11.0 Å². The lowest BCUT2D eigenvalue weighted by molar-refractivity contribution is -0.122. The van der Waals surface area contributed by atoms with Crippen molar-refractivity contribution in [1.29, 1.82) is 0 Å². The van der Waals surface area contributed by atoms with Gasteiger partial charge in [-0.1, -0.05) is 12.1 Å². The van der Waals surface area contributed by atoms with Crippen LogP contribution in [0.5, 0.6) is 0 Å². The van der Waals surface area contributed by atoms with Gasteiger partial charge in [0.25, 0.3) is 0 Å². The smallest absolute Gasteiger partial charge is 0.243 e. The molecule has 2 rings (SSSR count). The summed E-state index contributed by atoms with van der Waals surface area (Å²) < 4.78 is 0. The van der Waals surface area contributed by atoms with Crippen molar-refractivity contribution in [3.63, 3.8) is 0 Å². The van der Waals surface area contributed by atoms with E-state index >= 15 is 0 Å². The monoisotopic (exact) mass is 234 g/mol. The van der Waals surface area contributed by atoms with Crippen LogP contribution in [0.4, 0.5) is 0 Å². The van der Waals surface area contributed by atoms with Gasteiger partial charge >= 0.3 is 0 Å². The minimum atomic E-state index is 0.0389. The fourth-order valence-electron chi connectivity index (χ4n) is 1.30. The fraction of sp³-hybridized carbons (Fsp3) is 0.333. The van der Waals surface area contributed by atoms with Crippen molar-refractivity contribution >= 4 is 23.9 Å². The van der Waals surface area contributed by atoms with E-state index in [4.69, 9.17) is 0 Å². The Kier molecular flexibility index (Phi) is 3.62. The summed E-state index contributed by atoms with van der Waals surface area (Å²) >= 11 is 1.70. The summed E-state index contributed by atoms with van der Waals surface area (Å²) in [5.41, 5.74) is 3.54. The van der Waals surface area contributed by atoms with Crippen molar-refractivity contribution in [3.05, 3.63) is 29.8 Å². The van der Waals surface area contributed by atoms with E-state index < -0.39 is 0 Å². The van der Waals surface area contributed by atoms with Gasteiger partial charge in [0, 0.05) is 10.8 Å². The van der Waals surface area contributed by atoms with E-state index in [2.05, 4.69) is 10.5 Å². The Morgan fingerprint density at radius 3 is 2.69 bits per heavy atom. The van der Waals surface area contributed by atoms with Gasteiger partial charge in [-0.3, -0.25) is 4.79 Å². The number of hydrazone groups is 1. The summed E-state index contributed by atoms with van der Waals surface area (Å²) in [6.07, 6.45) is 5.72. The van der Waals surface area contributed by atoms with Gasteiger partial charge in [0.05, 0.1) is 6.21 Å². The van der Waals surface area contributed by atoms with E-state index in [1.54, 1.807) is 18.0 Å². The molecule has 1 aromatic carbocycles. The first-order valence-electron chi connectivity index (χ1n) is 5.26. The zero-order chi connectivity index (χ0) is 11.4. The zero-order valence-electron chi connectivity index (χ0n) is 9.14. The molecule has 0 aromatic heterocycles. The van der Waals surface area contributed by atoms with Gasteiger partial charge in [0.15, 0.2) is 0 Å². The predicted octanol–water partition coefficient (Wildman–Crippen LogP) is 2.27. The first-order valence-corrected chi connectivity index (χ1v) is 6.49. The lowest BCUT2D eigenvalue weighted by Crippen LogP contribution is -2.18. The number of hydrogen-bond donors (Lipinski definition) is 1. The molecule has 1 N–H and O–H groups in total. The maximum Gasteiger partial charge on any atom is 0.243 e. The molecule has 0 radical (unpaired) electrons. The van der Waals surface area contributed by atoms with E-state index in [-0.39, 0.29) is 11.8 Å². The summed E-state index contributed by atoms with van der Waals surface area (Å²) in [5.74, 6) is 0.244. The number of amides is 1. The van der Waals surface area contributed by atoms with Crippen LogP contribution in [0.3, 0.4) is 0 Å². The Bertz CT molecular complexity index is 396. The number of carbonyl (C=O) groups is 1. The van der Waals surface area contributed by atoms with E-state index in [1.807, 2.05) is 30.5 Å². The van der Waals surface area contributed by atoms with Crippen LogP contribution in [0.15, 0.2) is 34.3 Å². The lowest BCUT2D eigenvalue weighted by Gasteiger charge is -1.97. The van der Waals surface area contributed by atoms with Gasteiger partial charge in [-0.2, -0.15) is 5.10 Å². The van der Waals surface area contributed by atoms with Crippen LogP contribution < -0.4 is 5.43 Å². The Balaban J connectivity index is 1.87. The average molecular weight is 234 g/mol. The highest BCUT2D eigenvalue weighted by molar-refractivity contribution is 7.98. The Labute approximate surface area is 99.3 Å². The lowest BCUT2D eigenvalue weighted by atomic mass is 10.2. The van der Waals surface area contributed by atoms with Crippen molar-refractivity contribution in [2.75, 3.05) is 6.26 Å². The van der Waals surface area contributed by atoms with Crippen molar-refractivity contribution in [3.8, 4) is 0 Å². The zero-order valence-corrected chi connectivity index (χ0v) is 9.96. The molecule has 1 aliphatic rings. The van der Waals surface area contributed by atoms with Crippen molar-refractivity contribution in [1.82, 2.24) is 5.43 Å². The van der Waals surface area contributed by atoms with Gasteiger partial charge in [0.2, 0.25) is 5.91 Å². The van der Waals surface area contributed by atoms with E-state index in [0.717, 1.165) is 18.4 Å². The quantitative estimate of drug-likeness (QED) is 0.493. The largest absolute Gasteiger partial charge is 0.273 e. The van der Waals surface area contributed by atoms with Crippen LogP contribution in [0.1, 0.15) is 18.4 Å². The minimum absolute atomic E-state index is 0.0389. The van der Waals surface area contributed by atoms with Crippen LogP contribution in [-0.2, 0) is 4.79 Å². The maximum atomic E-state index is 11.3. The van der Waals surface area contributed by atoms with Gasteiger partial charge in [-0.15, -0.1) is 11.8 Å². The topological polar surface area (TPSA) is 41.5 Å². The van der Waals surface area contributed by atoms with Gasteiger partial charge in [0.1, 0.15) is 0 Å². The van der Waals surface area contributed by atoms with Crippen LogP contribution in [0, 0.1) is 5.92 Å². The van der Waals surface area contributed by atoms with Crippen molar-refractivity contribution < 1.29 is 4.79 Å². The molecule has 1 aliphatic carbocycles. The minimum Gasteiger partial charge on any atom is -0.273 e. The third-order valence-corrected chi connectivity index (χ3v) is 3.20. The summed E-state index contributed by atoms with van der Waals surface area (Å²) in [5, 5.41) is 3.93. The molecule has 0 aliphatic heterocycles. The summed E-state index contributed by atoms with van der Waals surface area (Å²) in [4.78, 5) is 12.5. The average Bonchev–Trinajstić information content (AvgIpc) is 3.14. The number of carbonyl (C=O) groups excluding carboxylic acids is 1. The molecule has 0 atom stereocenters. The normalized spacial score (nSPS) is 15.3. The number of nitrogens with zero attached hydrogens (tertiary/aromatic N) is 1. The van der Waals surface area contributed by atoms with Crippen LogP contribution in [0.2, 0.25) is 0 Å². The molecule has 0 spiro atoms. The molecule has 1 fully saturated rings. The molecule has 16 heavy (non-hydrogen) atoms. The SMILES string of the molecule is CSc1ccc(C=NNC(=O)C2CC2)cc1. The molecule has 4 heteroatoms. The van der Waals surface area contributed by atoms with Crippen LogP contribution in [-0.4, -0.2) is 18.4 Å². The number of nitrogens with one attached hydrogen (secondary N) is 1. The highest BCUT2D eigenvalue weighted by atomic mass is 32.2. The molecular weight excluding hydrogens is 220 g/mol. The molecule has 0 bridgehead atoms. The van der Waals surface area contributed by atoms with Gasteiger partial charge in [-0.25, -0.2) is 5.43 Å². The first kappa shape index (κ1) is 11.2. The Morgan fingerprint density at radius 1 is 1.44 bits per heavy atom. The number of thioether (sulfide) groups is 1. The molecule has 1 amide bonds. The molecule has 1 saturated carbocycles. The molecule has 0 saturated heterocycles. The summed E-state index contributed by atoms with van der Waals surface area (Å²) in [6, 6.07) is 8.04. The molecule has 1 aromatic rings. The van der Waals surface area contributed by atoms with Gasteiger partial charge in [-0.05, 0) is 36.8 Å². The molecular formula is C12H14N2OS. The maximum absolute atomic E-state index is 11.3. The predicted molar refractivity (Wildman–Crippen MR) is 66.7 cm³/mol. The third-order valence-electron chi connectivity index (χ3n) is 2.45. The third kappa shape index (κ3) is 3.10. The number of benzene rings is 1. The first-order chi connectivity index (χ1) is 7.79. The van der Waals surface area contributed by atoms with E-state index in [0.29, 0.717) is 0 Å². The second-order valence-electron chi connectivity index (χ2n) is 3.78. The summed E-state index contributed by atoms with van der Waals surface area (Å²) in [7, 11) is 0. The summed E-state index contributed by atoms with van der Waals surface area (Å²) in [6.45, 7) is 0. The second-order valence-corrected chi connectivity index (χ2v) is 4.66. The van der Waals surface area contributed by atoms with Crippen LogP contribution >= 0.6 is 11.8 Å². The fourth-order valence-corrected chi connectivity index (χ4v) is 1.71. The second kappa shape index (κ2) is 5.16. The highest BCUT2D eigenvalue weighted by Crippen LogP contribution is 2.28. The van der Waals surface area contributed by atoms with E-state index in [1.165, 1.54) is 4.90 Å². The Hall–Kier alpha value is -1.29. The molecule has 84 valence electrons. The van der Waals surface area contributed by atoms with Crippen molar-refractivity contribution in [2.45, 2.75) is 17.7 Å². The molecule has 0 heterocycles. The van der Waals surface area contributed by atoms with E-state index in [9.17, 15) is 4.79 Å². The Morgan fingerprint density at radius 2 is 2.12 bits per heavy atom. The molecule has 3 nitrogen and oxygen atoms in total. The van der Waals surface area contributed by atoms with Crippen LogP contribution in [0.25, 0.3) is 0 Å². The standard InChI is InChI=1S/C12H14N2OS/c1-16-11-6-2-9(3-7-11)8-13-14-12(15)10-4-5-10/h2-3,6-8,10H,4-5H2,1H3,(H,14,15). The van der Waals surface area contributed by atoms with Gasteiger partial charge < -0.3 is 0 Å². The number of rotatable bonds is 4. The number of hydrogen-bond acceptors (Lipinski definition) is 3.